The lowest BCUT2D eigenvalue weighted by atomic mass is 9.83. The van der Waals surface area contributed by atoms with Gasteiger partial charge in [-0.15, -0.1) is 0 Å². The van der Waals surface area contributed by atoms with Gasteiger partial charge in [-0.25, -0.2) is 13.4 Å². The molecule has 0 aromatic carbocycles. The van der Waals surface area contributed by atoms with Crippen LogP contribution in [0.15, 0.2) is 18.3 Å². The highest BCUT2D eigenvalue weighted by Crippen LogP contribution is 2.39. The fourth-order valence-corrected chi connectivity index (χ4v) is 5.03. The number of carbonyl (C=O) groups excluding carboxylic acids is 1. The fourth-order valence-electron chi connectivity index (χ4n) is 3.59. The minimum absolute atomic E-state index is 0.217. The molecule has 0 unspecified atom stereocenters. The number of ether oxygens (including phenoxy) is 1. The molecule has 3 rings (SSSR count). The van der Waals surface area contributed by atoms with Gasteiger partial charge in [0.2, 0.25) is 11.8 Å². The van der Waals surface area contributed by atoms with E-state index in [1.54, 1.807) is 6.20 Å². The van der Waals surface area contributed by atoms with E-state index in [1.807, 2.05) is 12.1 Å². The first kappa shape index (κ1) is 18.2. The first-order valence-electron chi connectivity index (χ1n) is 9.00. The van der Waals surface area contributed by atoms with Gasteiger partial charge in [0.25, 0.3) is 0 Å². The molecule has 0 bridgehead atoms. The number of rotatable bonds is 6. The van der Waals surface area contributed by atoms with E-state index >= 15 is 0 Å². The normalized spacial score (nSPS) is 20.5. The van der Waals surface area contributed by atoms with Gasteiger partial charge in [0, 0.05) is 25.1 Å². The molecule has 2 aliphatic rings. The molecule has 6 nitrogen and oxygen atoms in total. The predicted octanol–water partition coefficient (Wildman–Crippen LogP) is 2.38. The van der Waals surface area contributed by atoms with Crippen LogP contribution >= 0.6 is 0 Å². The molecule has 0 saturated heterocycles. The monoisotopic (exact) mass is 366 g/mol. The number of nitrogens with one attached hydrogen (secondary N) is 1. The molecule has 25 heavy (non-hydrogen) atoms. The lowest BCUT2D eigenvalue weighted by Gasteiger charge is -2.38. The number of nitrogens with zero attached hydrogens (tertiary/aromatic N) is 1. The van der Waals surface area contributed by atoms with Crippen molar-refractivity contribution < 1.29 is 17.9 Å². The summed E-state index contributed by atoms with van der Waals surface area (Å²) in [5, 5.41) is 2.78. The standard InChI is InChI=1S/C18H26N2O4S/c1-25(22,23)18(9-5-10-18)17(21)20-13-14-8-11-19-16(12-14)24-15-6-3-2-4-7-15/h8,11-12,15H,2-7,9-10,13H2,1H3,(H,20,21). The van der Waals surface area contributed by atoms with Crippen LogP contribution in [0.4, 0.5) is 0 Å². The quantitative estimate of drug-likeness (QED) is 0.835. The molecule has 1 amide bonds. The largest absolute Gasteiger partial charge is 0.474 e. The number of aromatic nitrogens is 1. The Balaban J connectivity index is 1.59. The molecule has 1 aromatic rings. The van der Waals surface area contributed by atoms with Crippen molar-refractivity contribution in [2.24, 2.45) is 0 Å². The van der Waals surface area contributed by atoms with Gasteiger partial charge in [-0.1, -0.05) is 6.42 Å². The van der Waals surface area contributed by atoms with Crippen molar-refractivity contribution in [3.05, 3.63) is 23.9 Å². The van der Waals surface area contributed by atoms with Crippen LogP contribution in [-0.4, -0.2) is 36.4 Å². The van der Waals surface area contributed by atoms with Crippen molar-refractivity contribution in [3.8, 4) is 5.88 Å². The molecule has 2 aliphatic carbocycles. The van der Waals surface area contributed by atoms with Crippen molar-refractivity contribution in [2.45, 2.75) is 68.8 Å². The maximum absolute atomic E-state index is 12.4. The average Bonchev–Trinajstić information content (AvgIpc) is 2.52. The molecule has 0 atom stereocenters. The third-order valence-electron chi connectivity index (χ3n) is 5.38. The zero-order chi connectivity index (χ0) is 17.9. The summed E-state index contributed by atoms with van der Waals surface area (Å²) in [6.07, 6.45) is 10.4. The van der Waals surface area contributed by atoms with Crippen molar-refractivity contribution >= 4 is 15.7 Å². The summed E-state index contributed by atoms with van der Waals surface area (Å²) < 4.78 is 28.6. The highest BCUT2D eigenvalue weighted by Gasteiger charge is 2.52. The van der Waals surface area contributed by atoms with Crippen LogP contribution < -0.4 is 10.1 Å². The summed E-state index contributed by atoms with van der Waals surface area (Å²) in [7, 11) is -3.41. The fraction of sp³-hybridized carbons (Fsp3) is 0.667. The van der Waals surface area contributed by atoms with E-state index in [1.165, 1.54) is 19.3 Å². The van der Waals surface area contributed by atoms with E-state index in [0.29, 0.717) is 18.7 Å². The lowest BCUT2D eigenvalue weighted by molar-refractivity contribution is -0.125. The molecule has 1 heterocycles. The minimum Gasteiger partial charge on any atom is -0.474 e. The van der Waals surface area contributed by atoms with Crippen LogP contribution in [0.2, 0.25) is 0 Å². The van der Waals surface area contributed by atoms with Gasteiger partial charge >= 0.3 is 0 Å². The topological polar surface area (TPSA) is 85.4 Å². The second kappa shape index (κ2) is 7.32. The van der Waals surface area contributed by atoms with Crippen LogP contribution in [-0.2, 0) is 21.2 Å². The van der Waals surface area contributed by atoms with Crippen LogP contribution in [0.3, 0.4) is 0 Å². The van der Waals surface area contributed by atoms with Crippen molar-refractivity contribution in [2.75, 3.05) is 6.26 Å². The smallest absolute Gasteiger partial charge is 0.241 e. The Labute approximate surface area is 149 Å². The summed E-state index contributed by atoms with van der Waals surface area (Å²) in [4.78, 5) is 16.7. The van der Waals surface area contributed by atoms with E-state index in [9.17, 15) is 13.2 Å². The molecule has 1 N–H and O–H groups in total. The van der Waals surface area contributed by atoms with Gasteiger partial charge in [0.15, 0.2) is 9.84 Å². The summed E-state index contributed by atoms with van der Waals surface area (Å²) in [5.41, 5.74) is 0.858. The molecular weight excluding hydrogens is 340 g/mol. The SMILES string of the molecule is CS(=O)(=O)C1(C(=O)NCc2ccnc(OC3CCCCC3)c2)CCC1. The Bertz CT molecular complexity index is 722. The van der Waals surface area contributed by atoms with Crippen molar-refractivity contribution in [1.29, 1.82) is 0 Å². The highest BCUT2D eigenvalue weighted by atomic mass is 32.2. The number of amides is 1. The predicted molar refractivity (Wildman–Crippen MR) is 95.0 cm³/mol. The molecule has 1 aromatic heterocycles. The van der Waals surface area contributed by atoms with Crippen molar-refractivity contribution in [3.63, 3.8) is 0 Å². The number of hydrogen-bond donors (Lipinski definition) is 1. The second-order valence-electron chi connectivity index (χ2n) is 7.18. The Kier molecular flexibility index (Phi) is 5.32. The summed E-state index contributed by atoms with van der Waals surface area (Å²) >= 11 is 0. The number of hydrogen-bond acceptors (Lipinski definition) is 5. The summed E-state index contributed by atoms with van der Waals surface area (Å²) in [6.45, 7) is 0.277. The van der Waals surface area contributed by atoms with Gasteiger partial charge in [-0.3, -0.25) is 4.79 Å². The van der Waals surface area contributed by atoms with Gasteiger partial charge in [-0.2, -0.15) is 0 Å². The van der Waals surface area contributed by atoms with Gasteiger partial charge < -0.3 is 10.1 Å². The second-order valence-corrected chi connectivity index (χ2v) is 9.51. The number of pyridine rings is 1. The molecule has 2 fully saturated rings. The highest BCUT2D eigenvalue weighted by molar-refractivity contribution is 7.93. The number of carbonyl (C=O) groups is 1. The maximum atomic E-state index is 12.4. The first-order valence-corrected chi connectivity index (χ1v) is 10.9. The van der Waals surface area contributed by atoms with Gasteiger partial charge in [-0.05, 0) is 56.6 Å². The van der Waals surface area contributed by atoms with E-state index in [4.69, 9.17) is 4.74 Å². The molecular formula is C18H26N2O4S. The van der Waals surface area contributed by atoms with E-state index in [0.717, 1.165) is 31.1 Å². The molecule has 2 saturated carbocycles. The summed E-state index contributed by atoms with van der Waals surface area (Å²) in [5.74, 6) is 0.174. The minimum atomic E-state index is -3.41. The lowest BCUT2D eigenvalue weighted by Crippen LogP contribution is -2.56. The van der Waals surface area contributed by atoms with Crippen LogP contribution in [0.1, 0.15) is 56.9 Å². The summed E-state index contributed by atoms with van der Waals surface area (Å²) in [6, 6.07) is 3.63. The van der Waals surface area contributed by atoms with Crippen LogP contribution in [0.25, 0.3) is 0 Å². The van der Waals surface area contributed by atoms with E-state index in [2.05, 4.69) is 10.3 Å². The molecule has 7 heteroatoms. The average molecular weight is 366 g/mol. The van der Waals surface area contributed by atoms with Gasteiger partial charge in [0.05, 0.1) is 0 Å². The van der Waals surface area contributed by atoms with Crippen LogP contribution in [0.5, 0.6) is 5.88 Å². The van der Waals surface area contributed by atoms with Gasteiger partial charge in [0.1, 0.15) is 10.9 Å². The Morgan fingerprint density at radius 3 is 2.60 bits per heavy atom. The first-order chi connectivity index (χ1) is 11.9. The van der Waals surface area contributed by atoms with E-state index < -0.39 is 20.5 Å². The number of sulfone groups is 1. The molecule has 0 aliphatic heterocycles. The zero-order valence-corrected chi connectivity index (χ0v) is 15.5. The molecule has 0 spiro atoms. The Morgan fingerprint density at radius 1 is 1.28 bits per heavy atom. The third-order valence-corrected chi connectivity index (χ3v) is 7.39. The maximum Gasteiger partial charge on any atom is 0.241 e. The van der Waals surface area contributed by atoms with Crippen LogP contribution in [0, 0.1) is 0 Å². The zero-order valence-electron chi connectivity index (χ0n) is 14.7. The molecule has 0 radical (unpaired) electrons. The van der Waals surface area contributed by atoms with Crippen molar-refractivity contribution in [1.82, 2.24) is 10.3 Å². The third kappa shape index (κ3) is 3.97. The Hall–Kier alpha value is -1.63. The molecule has 138 valence electrons. The van der Waals surface area contributed by atoms with E-state index in [-0.39, 0.29) is 12.6 Å². The Morgan fingerprint density at radius 2 is 2.00 bits per heavy atom.